The van der Waals surface area contributed by atoms with Crippen LogP contribution in [0.4, 0.5) is 0 Å². The molecule has 5 nitrogen and oxygen atoms in total. The van der Waals surface area contributed by atoms with Crippen molar-refractivity contribution in [2.24, 2.45) is 0 Å². The molecule has 0 fully saturated rings. The Hall–Kier alpha value is -2.82. The van der Waals surface area contributed by atoms with E-state index in [1.54, 1.807) is 24.3 Å². The molecule has 2 aromatic carbocycles. The lowest BCUT2D eigenvalue weighted by atomic mass is 9.97. The van der Waals surface area contributed by atoms with Gasteiger partial charge in [-0.2, -0.15) is 0 Å². The number of ether oxygens (including phenoxy) is 1. The first kappa shape index (κ1) is 13.6. The highest BCUT2D eigenvalue weighted by Gasteiger charge is 2.18. The van der Waals surface area contributed by atoms with Crippen LogP contribution in [0, 0.1) is 0 Å². The maximum atomic E-state index is 11.7. The number of aromatic hydroxyl groups is 1. The second-order valence-corrected chi connectivity index (χ2v) is 4.08. The average molecular weight is 272 g/mol. The van der Waals surface area contributed by atoms with E-state index in [4.69, 9.17) is 5.11 Å². The molecule has 102 valence electrons. The molecule has 0 saturated heterocycles. The van der Waals surface area contributed by atoms with Crippen molar-refractivity contribution in [2.75, 3.05) is 7.11 Å². The Morgan fingerprint density at radius 1 is 1.10 bits per heavy atom. The Balaban J connectivity index is 2.64. The number of carbonyl (C=O) groups excluding carboxylic acids is 1. The molecule has 2 N–H and O–H groups in total. The molecule has 0 atom stereocenters. The van der Waals surface area contributed by atoms with E-state index in [-0.39, 0.29) is 16.9 Å². The predicted octanol–water partition coefficient (Wildman–Crippen LogP) is 2.54. The van der Waals surface area contributed by atoms with Crippen LogP contribution in [0.1, 0.15) is 20.7 Å². The fourth-order valence-corrected chi connectivity index (χ4v) is 1.92. The average Bonchev–Trinajstić information content (AvgIpc) is 2.46. The van der Waals surface area contributed by atoms with E-state index in [2.05, 4.69) is 4.74 Å². The predicted molar refractivity (Wildman–Crippen MR) is 71.8 cm³/mol. The number of hydrogen-bond acceptors (Lipinski definition) is 4. The van der Waals surface area contributed by atoms with Crippen LogP contribution < -0.4 is 0 Å². The zero-order valence-electron chi connectivity index (χ0n) is 10.7. The van der Waals surface area contributed by atoms with Crippen molar-refractivity contribution < 1.29 is 24.5 Å². The van der Waals surface area contributed by atoms with Gasteiger partial charge in [-0.05, 0) is 29.3 Å². The molecule has 0 saturated carbocycles. The van der Waals surface area contributed by atoms with E-state index in [1.165, 1.54) is 25.3 Å². The van der Waals surface area contributed by atoms with Gasteiger partial charge < -0.3 is 14.9 Å². The number of benzene rings is 2. The highest BCUT2D eigenvalue weighted by molar-refractivity contribution is 6.00. The van der Waals surface area contributed by atoms with E-state index in [9.17, 15) is 14.7 Å². The largest absolute Gasteiger partial charge is 0.507 e. The second-order valence-electron chi connectivity index (χ2n) is 4.08. The summed E-state index contributed by atoms with van der Waals surface area (Å²) in [5.74, 6) is -1.96. The Kier molecular flexibility index (Phi) is 3.70. The smallest absolute Gasteiger partial charge is 0.342 e. The topological polar surface area (TPSA) is 83.8 Å². The number of carbonyl (C=O) groups is 2. The molecular weight excluding hydrogens is 260 g/mol. The van der Waals surface area contributed by atoms with Crippen molar-refractivity contribution in [1.82, 2.24) is 0 Å². The molecule has 0 spiro atoms. The Morgan fingerprint density at radius 2 is 1.80 bits per heavy atom. The summed E-state index contributed by atoms with van der Waals surface area (Å²) < 4.78 is 4.64. The summed E-state index contributed by atoms with van der Waals surface area (Å²) in [5, 5.41) is 18.8. The molecule has 0 aliphatic heterocycles. The molecule has 0 aromatic heterocycles. The van der Waals surface area contributed by atoms with Gasteiger partial charge in [-0.1, -0.05) is 24.3 Å². The maximum absolute atomic E-state index is 11.7. The van der Waals surface area contributed by atoms with Crippen LogP contribution in [0.15, 0.2) is 42.5 Å². The van der Waals surface area contributed by atoms with Gasteiger partial charge in [-0.15, -0.1) is 0 Å². The number of hydrogen-bond donors (Lipinski definition) is 2. The lowest BCUT2D eigenvalue weighted by molar-refractivity contribution is 0.0597. The monoisotopic (exact) mass is 272 g/mol. The fraction of sp³-hybridized carbons (Fsp3) is 0.0667. The van der Waals surface area contributed by atoms with Gasteiger partial charge in [0, 0.05) is 0 Å². The van der Waals surface area contributed by atoms with E-state index in [1.807, 2.05) is 0 Å². The molecule has 0 unspecified atom stereocenters. The van der Waals surface area contributed by atoms with Gasteiger partial charge in [0.25, 0.3) is 0 Å². The Bertz CT molecular complexity index is 676. The van der Waals surface area contributed by atoms with Crippen molar-refractivity contribution in [3.05, 3.63) is 53.6 Å². The minimum atomic E-state index is -1.06. The number of carboxylic acid groups (broad SMARTS) is 1. The van der Waals surface area contributed by atoms with E-state index in [0.717, 1.165) is 0 Å². The first-order chi connectivity index (χ1) is 9.54. The highest BCUT2D eigenvalue weighted by Crippen LogP contribution is 2.31. The SMILES string of the molecule is COC(=O)c1c(O)cccc1-c1cccc(C(=O)O)c1. The Labute approximate surface area is 115 Å². The fourth-order valence-electron chi connectivity index (χ4n) is 1.92. The first-order valence-electron chi connectivity index (χ1n) is 5.78. The van der Waals surface area contributed by atoms with Gasteiger partial charge in [-0.3, -0.25) is 0 Å². The van der Waals surface area contributed by atoms with Crippen LogP contribution in [-0.4, -0.2) is 29.3 Å². The molecule has 0 radical (unpaired) electrons. The second kappa shape index (κ2) is 5.44. The number of aromatic carboxylic acids is 1. The number of esters is 1. The lowest BCUT2D eigenvalue weighted by Gasteiger charge is -2.10. The molecule has 0 heterocycles. The minimum absolute atomic E-state index is 0.0116. The molecular formula is C15H12O5. The molecule has 0 aliphatic rings. The summed E-state index contributed by atoms with van der Waals surface area (Å²) >= 11 is 0. The third-order valence-corrected chi connectivity index (χ3v) is 2.85. The molecule has 5 heteroatoms. The van der Waals surface area contributed by atoms with Gasteiger partial charge in [-0.25, -0.2) is 9.59 Å². The number of rotatable bonds is 3. The first-order valence-corrected chi connectivity index (χ1v) is 5.78. The number of phenols is 1. The zero-order valence-corrected chi connectivity index (χ0v) is 10.7. The standard InChI is InChI=1S/C15H12O5/c1-20-15(19)13-11(6-3-7-12(13)16)9-4-2-5-10(8-9)14(17)18/h2-8,16H,1H3,(H,17,18). The summed E-state index contributed by atoms with van der Waals surface area (Å²) in [7, 11) is 1.21. The highest BCUT2D eigenvalue weighted by atomic mass is 16.5. The van der Waals surface area contributed by atoms with Crippen molar-refractivity contribution in [1.29, 1.82) is 0 Å². The number of methoxy groups -OCH3 is 1. The van der Waals surface area contributed by atoms with Crippen molar-refractivity contribution in [2.45, 2.75) is 0 Å². The summed E-state index contributed by atoms with van der Waals surface area (Å²) in [5.41, 5.74) is 1.04. The van der Waals surface area contributed by atoms with Crippen LogP contribution in [0.2, 0.25) is 0 Å². The van der Waals surface area contributed by atoms with Crippen LogP contribution in [0.5, 0.6) is 5.75 Å². The number of phenolic OH excluding ortho intramolecular Hbond substituents is 1. The summed E-state index contributed by atoms with van der Waals surface area (Å²) in [6.07, 6.45) is 0. The van der Waals surface area contributed by atoms with E-state index in [0.29, 0.717) is 11.1 Å². The van der Waals surface area contributed by atoms with Gasteiger partial charge in [0.2, 0.25) is 0 Å². The minimum Gasteiger partial charge on any atom is -0.507 e. The molecule has 0 aliphatic carbocycles. The van der Waals surface area contributed by atoms with E-state index < -0.39 is 11.9 Å². The molecule has 2 rings (SSSR count). The van der Waals surface area contributed by atoms with Gasteiger partial charge in [0.1, 0.15) is 11.3 Å². The Morgan fingerprint density at radius 3 is 2.45 bits per heavy atom. The third kappa shape index (κ3) is 2.47. The molecule has 0 amide bonds. The van der Waals surface area contributed by atoms with Gasteiger partial charge >= 0.3 is 11.9 Å². The van der Waals surface area contributed by atoms with Crippen molar-refractivity contribution in [3.63, 3.8) is 0 Å². The van der Waals surface area contributed by atoms with Crippen LogP contribution in [-0.2, 0) is 4.74 Å². The van der Waals surface area contributed by atoms with Gasteiger partial charge in [0.05, 0.1) is 12.7 Å². The van der Waals surface area contributed by atoms with Crippen molar-refractivity contribution in [3.8, 4) is 16.9 Å². The normalized spacial score (nSPS) is 10.1. The van der Waals surface area contributed by atoms with Gasteiger partial charge in [0.15, 0.2) is 0 Å². The number of carboxylic acids is 1. The lowest BCUT2D eigenvalue weighted by Crippen LogP contribution is -2.04. The molecule has 0 bridgehead atoms. The maximum Gasteiger partial charge on any atom is 0.342 e. The molecule has 2 aromatic rings. The quantitative estimate of drug-likeness (QED) is 0.839. The summed E-state index contributed by atoms with van der Waals surface area (Å²) in [6, 6.07) is 10.7. The van der Waals surface area contributed by atoms with E-state index >= 15 is 0 Å². The van der Waals surface area contributed by atoms with Crippen molar-refractivity contribution >= 4 is 11.9 Å². The zero-order chi connectivity index (χ0) is 14.7. The summed E-state index contributed by atoms with van der Waals surface area (Å²) in [4.78, 5) is 22.7. The third-order valence-electron chi connectivity index (χ3n) is 2.85. The van der Waals surface area contributed by atoms with Crippen LogP contribution in [0.3, 0.4) is 0 Å². The van der Waals surface area contributed by atoms with Crippen LogP contribution in [0.25, 0.3) is 11.1 Å². The molecule has 20 heavy (non-hydrogen) atoms. The summed E-state index contributed by atoms with van der Waals surface area (Å²) in [6.45, 7) is 0. The van der Waals surface area contributed by atoms with Crippen LogP contribution >= 0.6 is 0 Å².